The molecule has 0 atom stereocenters. The summed E-state index contributed by atoms with van der Waals surface area (Å²) in [4.78, 5) is 28.2. The molecule has 0 unspecified atom stereocenters. The number of benzene rings is 1. The van der Waals surface area contributed by atoms with E-state index in [1.807, 2.05) is 13.8 Å². The lowest BCUT2D eigenvalue weighted by atomic mass is 9.77. The van der Waals surface area contributed by atoms with Crippen molar-refractivity contribution in [3.8, 4) is 0 Å². The quantitative estimate of drug-likeness (QED) is 0.636. The van der Waals surface area contributed by atoms with Crippen LogP contribution in [0.2, 0.25) is 0 Å². The van der Waals surface area contributed by atoms with Gasteiger partial charge in [0.1, 0.15) is 5.76 Å². The van der Waals surface area contributed by atoms with Crippen molar-refractivity contribution < 1.29 is 19.4 Å². The van der Waals surface area contributed by atoms with Crippen molar-refractivity contribution >= 4 is 23.5 Å². The summed E-state index contributed by atoms with van der Waals surface area (Å²) in [6, 6.07) is 6.83. The number of ketones is 2. The Labute approximate surface area is 142 Å². The normalized spacial score (nSPS) is 17.5. The van der Waals surface area contributed by atoms with E-state index < -0.39 is 0 Å². The van der Waals surface area contributed by atoms with Crippen LogP contribution in [0.15, 0.2) is 40.6 Å². The Balaban J connectivity index is 2.10. The van der Waals surface area contributed by atoms with Crippen LogP contribution >= 0.6 is 0 Å². The number of hydrogen-bond donors (Lipinski definition) is 1. The van der Waals surface area contributed by atoms with Gasteiger partial charge in [0.2, 0.25) is 0 Å². The molecule has 0 saturated carbocycles. The van der Waals surface area contributed by atoms with Crippen molar-refractivity contribution in [1.82, 2.24) is 0 Å². The van der Waals surface area contributed by atoms with Crippen molar-refractivity contribution in [3.05, 3.63) is 41.2 Å². The van der Waals surface area contributed by atoms with Gasteiger partial charge in [-0.2, -0.15) is 0 Å². The molecule has 0 fully saturated rings. The van der Waals surface area contributed by atoms with Gasteiger partial charge in [-0.15, -0.1) is 0 Å². The van der Waals surface area contributed by atoms with Crippen LogP contribution in [-0.2, 0) is 9.53 Å². The molecule has 0 spiro atoms. The Morgan fingerprint density at radius 1 is 1.29 bits per heavy atom. The summed E-state index contributed by atoms with van der Waals surface area (Å²) < 4.78 is 4.89. The van der Waals surface area contributed by atoms with Gasteiger partial charge < -0.3 is 9.84 Å². The van der Waals surface area contributed by atoms with Gasteiger partial charge >= 0.3 is 0 Å². The van der Waals surface area contributed by atoms with Crippen molar-refractivity contribution in [2.45, 2.75) is 33.1 Å². The average molecular weight is 329 g/mol. The molecule has 1 N–H and O–H groups in total. The second kappa shape index (κ2) is 7.53. The smallest absolute Gasteiger partial charge is 0.168 e. The molecule has 1 aliphatic rings. The van der Waals surface area contributed by atoms with Gasteiger partial charge in [-0.3, -0.25) is 14.6 Å². The molecule has 0 aliphatic heterocycles. The summed E-state index contributed by atoms with van der Waals surface area (Å²) in [5, 5.41) is 10.1. The summed E-state index contributed by atoms with van der Waals surface area (Å²) in [5.41, 5.74) is 1.28. The molecule has 2 rings (SSSR count). The molecule has 0 aromatic heterocycles. The third kappa shape index (κ3) is 4.61. The van der Waals surface area contributed by atoms with Gasteiger partial charge in [-0.25, -0.2) is 0 Å². The molecule has 5 heteroatoms. The Bertz CT molecular complexity index is 684. The van der Waals surface area contributed by atoms with E-state index in [1.165, 1.54) is 6.21 Å². The molecule has 0 radical (unpaired) electrons. The summed E-state index contributed by atoms with van der Waals surface area (Å²) in [6.45, 7) is 4.30. The molecule has 0 heterocycles. The highest BCUT2D eigenvalue weighted by molar-refractivity contribution is 6.14. The zero-order valence-electron chi connectivity index (χ0n) is 14.3. The Morgan fingerprint density at radius 2 is 1.96 bits per heavy atom. The number of allylic oxidation sites excluding steroid dienone is 2. The van der Waals surface area contributed by atoms with Crippen LogP contribution in [0.4, 0.5) is 5.69 Å². The number of aliphatic hydroxyl groups excluding tert-OH is 1. The topological polar surface area (TPSA) is 76.0 Å². The maximum Gasteiger partial charge on any atom is 0.168 e. The van der Waals surface area contributed by atoms with E-state index in [0.717, 1.165) is 0 Å². The van der Waals surface area contributed by atoms with E-state index in [2.05, 4.69) is 4.99 Å². The van der Waals surface area contributed by atoms with E-state index in [9.17, 15) is 14.7 Å². The highest BCUT2D eigenvalue weighted by atomic mass is 16.5. The molecule has 0 saturated heterocycles. The number of rotatable bonds is 6. The predicted molar refractivity (Wildman–Crippen MR) is 93.1 cm³/mol. The van der Waals surface area contributed by atoms with Crippen molar-refractivity contribution in [2.75, 3.05) is 13.7 Å². The first-order chi connectivity index (χ1) is 11.3. The van der Waals surface area contributed by atoms with E-state index in [0.29, 0.717) is 37.1 Å². The lowest BCUT2D eigenvalue weighted by Gasteiger charge is -2.28. The van der Waals surface area contributed by atoms with Gasteiger partial charge in [0, 0.05) is 38.2 Å². The molecule has 5 nitrogen and oxygen atoms in total. The Hall–Kier alpha value is -2.27. The van der Waals surface area contributed by atoms with Crippen LogP contribution in [0.5, 0.6) is 0 Å². The number of aliphatic hydroxyl groups is 1. The second-order valence-electron chi connectivity index (χ2n) is 6.77. The molecular formula is C19H23NO4. The number of carbonyl (C=O) groups excluding carboxylic acids is 2. The lowest BCUT2D eigenvalue weighted by molar-refractivity contribution is -0.117. The predicted octanol–water partition coefficient (Wildman–Crippen LogP) is 3.81. The maximum atomic E-state index is 12.1. The van der Waals surface area contributed by atoms with Gasteiger partial charge in [0.05, 0.1) is 17.9 Å². The van der Waals surface area contributed by atoms with Crippen LogP contribution in [-0.4, -0.2) is 36.6 Å². The van der Waals surface area contributed by atoms with Crippen LogP contribution in [0, 0.1) is 5.41 Å². The first-order valence-electron chi connectivity index (χ1n) is 7.94. The van der Waals surface area contributed by atoms with Crippen LogP contribution in [0.3, 0.4) is 0 Å². The molecule has 24 heavy (non-hydrogen) atoms. The maximum absolute atomic E-state index is 12.1. The lowest BCUT2D eigenvalue weighted by Crippen LogP contribution is -2.26. The molecule has 0 amide bonds. The zero-order chi connectivity index (χ0) is 17.7. The van der Waals surface area contributed by atoms with E-state index >= 15 is 0 Å². The standard InChI is InChI=1S/C19H23NO4/c1-19(2)10-17(22)15(18(23)11-19)12-20-14-6-4-13(5-7-14)16(21)8-9-24-3/h4-7,12,22H,8-11H2,1-3H3. The number of nitrogens with zero attached hydrogens (tertiary/aromatic N) is 1. The van der Waals surface area contributed by atoms with Crippen LogP contribution in [0.1, 0.15) is 43.5 Å². The first kappa shape index (κ1) is 18.1. The molecular weight excluding hydrogens is 306 g/mol. The minimum Gasteiger partial charge on any atom is -0.511 e. The molecule has 0 bridgehead atoms. The van der Waals surface area contributed by atoms with Crippen LogP contribution < -0.4 is 0 Å². The summed E-state index contributed by atoms with van der Waals surface area (Å²) in [7, 11) is 1.56. The molecule has 1 aliphatic carbocycles. The minimum atomic E-state index is -0.220. The van der Waals surface area contributed by atoms with Gasteiger partial charge in [-0.1, -0.05) is 13.8 Å². The number of methoxy groups -OCH3 is 1. The number of aliphatic imine (C=N–C) groups is 1. The molecule has 1 aromatic carbocycles. The van der Waals surface area contributed by atoms with E-state index in [1.54, 1.807) is 31.4 Å². The number of hydrogen-bond acceptors (Lipinski definition) is 5. The zero-order valence-corrected chi connectivity index (χ0v) is 14.3. The number of carbonyl (C=O) groups is 2. The summed E-state index contributed by atoms with van der Waals surface area (Å²) >= 11 is 0. The van der Waals surface area contributed by atoms with E-state index in [-0.39, 0.29) is 28.3 Å². The van der Waals surface area contributed by atoms with Gasteiger partial charge in [-0.05, 0) is 29.7 Å². The van der Waals surface area contributed by atoms with Crippen molar-refractivity contribution in [1.29, 1.82) is 0 Å². The van der Waals surface area contributed by atoms with E-state index in [4.69, 9.17) is 4.74 Å². The van der Waals surface area contributed by atoms with Crippen LogP contribution in [0.25, 0.3) is 0 Å². The monoisotopic (exact) mass is 329 g/mol. The first-order valence-corrected chi connectivity index (χ1v) is 7.94. The van der Waals surface area contributed by atoms with Gasteiger partial charge in [0.25, 0.3) is 0 Å². The largest absolute Gasteiger partial charge is 0.511 e. The highest BCUT2D eigenvalue weighted by Gasteiger charge is 2.32. The van der Waals surface area contributed by atoms with Gasteiger partial charge in [0.15, 0.2) is 11.6 Å². The molecule has 128 valence electrons. The fourth-order valence-electron chi connectivity index (χ4n) is 2.66. The second-order valence-corrected chi connectivity index (χ2v) is 6.77. The SMILES string of the molecule is COCCC(=O)c1ccc(N=CC2=C(O)CC(C)(C)CC2=O)cc1. The molecule has 1 aromatic rings. The Morgan fingerprint density at radius 3 is 2.54 bits per heavy atom. The number of ether oxygens (including phenoxy) is 1. The summed E-state index contributed by atoms with van der Waals surface area (Å²) in [5.74, 6) is 0.00245. The third-order valence-electron chi connectivity index (χ3n) is 3.96. The summed E-state index contributed by atoms with van der Waals surface area (Å²) in [6.07, 6.45) is 2.61. The van der Waals surface area contributed by atoms with Crippen molar-refractivity contribution in [3.63, 3.8) is 0 Å². The average Bonchev–Trinajstić information content (AvgIpc) is 2.51. The number of Topliss-reactive ketones (excluding diaryl/α,β-unsaturated/α-hetero) is 2. The van der Waals surface area contributed by atoms with Crippen molar-refractivity contribution in [2.24, 2.45) is 10.4 Å². The minimum absolute atomic E-state index is 0.0115. The Kier molecular flexibility index (Phi) is 5.67. The third-order valence-corrected chi connectivity index (χ3v) is 3.96. The fourth-order valence-corrected chi connectivity index (χ4v) is 2.66. The fraction of sp³-hybridized carbons (Fsp3) is 0.421. The highest BCUT2D eigenvalue weighted by Crippen LogP contribution is 2.35.